The lowest BCUT2D eigenvalue weighted by atomic mass is 9.98. The molecule has 3 heterocycles. The molecule has 7 nitrogen and oxygen atoms in total. The maximum atomic E-state index is 12.7. The minimum atomic E-state index is -0.380. The van der Waals surface area contributed by atoms with Crippen LogP contribution < -0.4 is 5.32 Å². The van der Waals surface area contributed by atoms with Crippen LogP contribution in [0, 0.1) is 6.92 Å². The summed E-state index contributed by atoms with van der Waals surface area (Å²) < 4.78 is 11.0. The van der Waals surface area contributed by atoms with E-state index in [1.165, 1.54) is 19.1 Å². The van der Waals surface area contributed by atoms with Crippen LogP contribution >= 0.6 is 0 Å². The smallest absolute Gasteiger partial charge is 0.259 e. The molecule has 3 fully saturated rings. The first-order valence-corrected chi connectivity index (χ1v) is 9.31. The molecule has 0 radical (unpaired) electrons. The predicted octanol–water partition coefficient (Wildman–Crippen LogP) is 1.80. The Labute approximate surface area is 147 Å². The van der Waals surface area contributed by atoms with E-state index in [2.05, 4.69) is 10.5 Å². The van der Waals surface area contributed by atoms with E-state index in [0.717, 1.165) is 25.7 Å². The van der Waals surface area contributed by atoms with Gasteiger partial charge in [0.25, 0.3) is 5.91 Å². The number of likely N-dealkylation sites (tertiary alicyclic amines) is 1. The molecule has 136 valence electrons. The summed E-state index contributed by atoms with van der Waals surface area (Å²) in [4.78, 5) is 27.0. The van der Waals surface area contributed by atoms with Crippen molar-refractivity contribution in [3.8, 4) is 0 Å². The molecule has 25 heavy (non-hydrogen) atoms. The van der Waals surface area contributed by atoms with Crippen molar-refractivity contribution in [3.05, 3.63) is 17.5 Å². The summed E-state index contributed by atoms with van der Waals surface area (Å²) in [5, 5.41) is 6.92. The molecule has 1 saturated carbocycles. The van der Waals surface area contributed by atoms with Crippen LogP contribution in [-0.2, 0) is 9.53 Å². The van der Waals surface area contributed by atoms with Crippen LogP contribution in [-0.4, -0.2) is 52.7 Å². The van der Waals surface area contributed by atoms with Gasteiger partial charge < -0.3 is 19.5 Å². The summed E-state index contributed by atoms with van der Waals surface area (Å²) in [7, 11) is 0. The quantitative estimate of drug-likeness (QED) is 0.901. The first-order chi connectivity index (χ1) is 12.1. The number of nitrogens with one attached hydrogen (secondary N) is 1. The first-order valence-electron chi connectivity index (χ1n) is 9.31. The number of aryl methyl sites for hydroxylation is 1. The lowest BCUT2D eigenvalue weighted by Crippen LogP contribution is -2.50. The Bertz CT molecular complexity index is 653. The maximum Gasteiger partial charge on any atom is 0.259 e. The molecule has 1 N–H and O–H groups in total. The minimum absolute atomic E-state index is 0.0185. The molecule has 1 aromatic rings. The van der Waals surface area contributed by atoms with E-state index in [1.54, 1.807) is 6.92 Å². The first kappa shape index (κ1) is 16.6. The Hall–Kier alpha value is -1.89. The van der Waals surface area contributed by atoms with Crippen LogP contribution in [0.4, 0.5) is 0 Å². The Balaban J connectivity index is 1.37. The van der Waals surface area contributed by atoms with Crippen molar-refractivity contribution in [1.29, 1.82) is 0 Å². The third-order valence-corrected chi connectivity index (χ3v) is 5.78. The minimum Gasteiger partial charge on any atom is -0.364 e. The van der Waals surface area contributed by atoms with Gasteiger partial charge in [0.15, 0.2) is 0 Å². The second kappa shape index (κ2) is 6.78. The lowest BCUT2D eigenvalue weighted by Gasteiger charge is -2.35. The highest BCUT2D eigenvalue weighted by Crippen LogP contribution is 2.33. The number of hydrogen-bond donors (Lipinski definition) is 1. The van der Waals surface area contributed by atoms with Crippen molar-refractivity contribution in [2.75, 3.05) is 6.54 Å². The molecule has 7 heteroatoms. The summed E-state index contributed by atoms with van der Waals surface area (Å²) in [6, 6.07) is 0.351. The van der Waals surface area contributed by atoms with E-state index in [-0.39, 0.29) is 30.1 Å². The van der Waals surface area contributed by atoms with Gasteiger partial charge in [-0.2, -0.15) is 0 Å². The topological polar surface area (TPSA) is 84.7 Å². The average Bonchev–Trinajstić information content (AvgIpc) is 3.34. The van der Waals surface area contributed by atoms with Crippen LogP contribution in [0.25, 0.3) is 0 Å². The fourth-order valence-electron chi connectivity index (χ4n) is 4.39. The van der Waals surface area contributed by atoms with E-state index in [1.807, 2.05) is 4.90 Å². The monoisotopic (exact) mass is 347 g/mol. The van der Waals surface area contributed by atoms with Gasteiger partial charge in [0.05, 0.1) is 17.8 Å². The van der Waals surface area contributed by atoms with E-state index in [4.69, 9.17) is 9.26 Å². The summed E-state index contributed by atoms with van der Waals surface area (Å²) in [6.45, 7) is 2.42. The van der Waals surface area contributed by atoms with Crippen molar-refractivity contribution in [2.24, 2.45) is 0 Å². The fourth-order valence-corrected chi connectivity index (χ4v) is 4.39. The van der Waals surface area contributed by atoms with Crippen molar-refractivity contribution in [2.45, 2.75) is 76.2 Å². The highest BCUT2D eigenvalue weighted by atomic mass is 16.5. The zero-order chi connectivity index (χ0) is 17.4. The molecular formula is C18H25N3O4. The van der Waals surface area contributed by atoms with Gasteiger partial charge in [-0.3, -0.25) is 9.59 Å². The number of aromatic nitrogens is 1. The fraction of sp³-hybridized carbons (Fsp3) is 0.722. The van der Waals surface area contributed by atoms with Gasteiger partial charge in [0.1, 0.15) is 17.9 Å². The molecule has 2 saturated heterocycles. The molecule has 3 aliphatic rings. The van der Waals surface area contributed by atoms with Crippen LogP contribution in [0.1, 0.15) is 61.0 Å². The highest BCUT2D eigenvalue weighted by Gasteiger charge is 2.44. The molecule has 1 aromatic heterocycles. The van der Waals surface area contributed by atoms with Gasteiger partial charge in [-0.05, 0) is 39.0 Å². The van der Waals surface area contributed by atoms with Gasteiger partial charge in [-0.1, -0.05) is 18.0 Å². The lowest BCUT2D eigenvalue weighted by molar-refractivity contribution is -0.143. The van der Waals surface area contributed by atoms with Crippen LogP contribution in [0.15, 0.2) is 10.8 Å². The van der Waals surface area contributed by atoms with Crippen molar-refractivity contribution < 1.29 is 18.8 Å². The number of hydrogen-bond acceptors (Lipinski definition) is 5. The Morgan fingerprint density at radius 1 is 1.20 bits per heavy atom. The van der Waals surface area contributed by atoms with Crippen molar-refractivity contribution in [1.82, 2.24) is 15.4 Å². The molecule has 0 aromatic carbocycles. The van der Waals surface area contributed by atoms with Crippen molar-refractivity contribution >= 4 is 11.8 Å². The summed E-state index contributed by atoms with van der Waals surface area (Å²) in [6.07, 6.45) is 7.74. The van der Waals surface area contributed by atoms with Gasteiger partial charge in [0, 0.05) is 12.6 Å². The zero-order valence-corrected chi connectivity index (χ0v) is 14.6. The Kier molecular flexibility index (Phi) is 4.50. The largest absolute Gasteiger partial charge is 0.364 e. The summed E-state index contributed by atoms with van der Waals surface area (Å²) >= 11 is 0. The standard InChI is InChI=1S/C18H25N3O4/c1-11-13(10-24-20-11)18(23)21-9-8-15-14(21)6-7-16(25-15)17(22)19-12-4-2-3-5-12/h10,12,14-16H,2-9H2,1H3,(H,19,22)/t14-,15-,16-/m1/s1. The van der Waals surface area contributed by atoms with Gasteiger partial charge in [-0.15, -0.1) is 0 Å². The number of amides is 2. The third-order valence-electron chi connectivity index (χ3n) is 5.78. The third kappa shape index (κ3) is 3.17. The Morgan fingerprint density at radius 3 is 2.72 bits per heavy atom. The van der Waals surface area contributed by atoms with Gasteiger partial charge in [-0.25, -0.2) is 0 Å². The van der Waals surface area contributed by atoms with E-state index in [0.29, 0.717) is 30.3 Å². The normalized spacial score (nSPS) is 29.6. The van der Waals surface area contributed by atoms with E-state index >= 15 is 0 Å². The van der Waals surface area contributed by atoms with Crippen LogP contribution in [0.3, 0.4) is 0 Å². The predicted molar refractivity (Wildman–Crippen MR) is 89.0 cm³/mol. The number of carbonyl (C=O) groups excluding carboxylic acids is 2. The molecule has 0 bridgehead atoms. The summed E-state index contributed by atoms with van der Waals surface area (Å²) in [5.41, 5.74) is 1.13. The zero-order valence-electron chi connectivity index (χ0n) is 14.6. The molecule has 2 amide bonds. The molecule has 1 aliphatic carbocycles. The number of carbonyl (C=O) groups is 2. The molecule has 2 aliphatic heterocycles. The molecule has 3 atom stereocenters. The average molecular weight is 347 g/mol. The second-order valence-electron chi connectivity index (χ2n) is 7.40. The number of fused-ring (bicyclic) bond motifs is 1. The number of rotatable bonds is 3. The number of nitrogens with zero attached hydrogens (tertiary/aromatic N) is 2. The van der Waals surface area contributed by atoms with E-state index in [9.17, 15) is 9.59 Å². The van der Waals surface area contributed by atoms with E-state index < -0.39 is 0 Å². The van der Waals surface area contributed by atoms with Crippen LogP contribution in [0.5, 0.6) is 0 Å². The second-order valence-corrected chi connectivity index (χ2v) is 7.40. The SMILES string of the molecule is Cc1nocc1C(=O)N1CC[C@H]2O[C@@H](C(=O)NC3CCCC3)CC[C@H]21. The highest BCUT2D eigenvalue weighted by molar-refractivity contribution is 5.95. The molecule has 4 rings (SSSR count). The van der Waals surface area contributed by atoms with Gasteiger partial charge in [0.2, 0.25) is 5.91 Å². The van der Waals surface area contributed by atoms with Gasteiger partial charge >= 0.3 is 0 Å². The molecule has 0 spiro atoms. The van der Waals surface area contributed by atoms with Crippen molar-refractivity contribution in [3.63, 3.8) is 0 Å². The number of ether oxygens (including phenoxy) is 1. The Morgan fingerprint density at radius 2 is 2.00 bits per heavy atom. The molecule has 0 unspecified atom stereocenters. The maximum absolute atomic E-state index is 12.7. The molecular weight excluding hydrogens is 322 g/mol. The summed E-state index contributed by atoms with van der Waals surface area (Å²) in [5.74, 6) is -0.0336. The van der Waals surface area contributed by atoms with Crippen LogP contribution in [0.2, 0.25) is 0 Å².